The molecule has 0 amide bonds. The van der Waals surface area contributed by atoms with Crippen LogP contribution in [0.2, 0.25) is 0 Å². The van der Waals surface area contributed by atoms with E-state index in [1.807, 2.05) is 19.1 Å². The fourth-order valence-corrected chi connectivity index (χ4v) is 3.81. The number of carbonyl (C=O) groups excluding carboxylic acids is 1. The van der Waals surface area contributed by atoms with E-state index in [0.717, 1.165) is 5.56 Å². The number of H-pyrrole nitrogens is 1. The van der Waals surface area contributed by atoms with E-state index in [9.17, 15) is 14.7 Å². The van der Waals surface area contributed by atoms with Crippen molar-refractivity contribution in [1.29, 1.82) is 0 Å². The van der Waals surface area contributed by atoms with Crippen LogP contribution >= 0.6 is 12.2 Å². The zero-order valence-corrected chi connectivity index (χ0v) is 17.2. The normalized spacial score (nSPS) is 14.9. The lowest BCUT2D eigenvalue weighted by Crippen LogP contribution is -2.21. The summed E-state index contributed by atoms with van der Waals surface area (Å²) in [5.74, 6) is -0.547. The molecule has 4 rings (SSSR count). The van der Waals surface area contributed by atoms with Crippen LogP contribution in [0.1, 0.15) is 33.2 Å². The predicted molar refractivity (Wildman–Crippen MR) is 110 cm³/mol. The zero-order valence-electron chi connectivity index (χ0n) is 16.4. The Balaban J connectivity index is 1.95. The lowest BCUT2D eigenvalue weighted by molar-refractivity contribution is 0.0447. The summed E-state index contributed by atoms with van der Waals surface area (Å²) in [6.07, 6.45) is -1.14. The van der Waals surface area contributed by atoms with Crippen LogP contribution in [-0.2, 0) is 4.74 Å². The lowest BCUT2D eigenvalue weighted by Gasteiger charge is -2.17. The molecule has 0 saturated carbocycles. The van der Waals surface area contributed by atoms with E-state index in [-0.39, 0.29) is 21.6 Å². The number of hydrogen-bond acceptors (Lipinski definition) is 7. The Labute approximate surface area is 176 Å². The smallest absolute Gasteiger partial charge is 0.343 e. The van der Waals surface area contributed by atoms with E-state index in [4.69, 9.17) is 26.4 Å². The molecule has 0 radical (unpaired) electrons. The molecular formula is C21H18N2O6S. The number of cyclic esters (lactones) is 1. The number of aromatic amines is 1. The van der Waals surface area contributed by atoms with E-state index in [2.05, 4.69) is 4.98 Å². The number of hydrogen-bond donors (Lipinski definition) is 2. The van der Waals surface area contributed by atoms with Crippen LogP contribution in [0.5, 0.6) is 17.4 Å². The average molecular weight is 426 g/mol. The summed E-state index contributed by atoms with van der Waals surface area (Å²) < 4.78 is 17.4. The first-order chi connectivity index (χ1) is 14.4. The number of carbonyl (C=O) groups is 1. The van der Waals surface area contributed by atoms with E-state index in [1.54, 1.807) is 24.3 Å². The fourth-order valence-electron chi connectivity index (χ4n) is 3.52. The minimum atomic E-state index is -1.14. The number of nitrogens with zero attached hydrogens (tertiary/aromatic N) is 1. The molecule has 3 aromatic rings. The number of benzene rings is 2. The minimum Gasteiger partial charge on any atom is -0.494 e. The topological polar surface area (TPSA) is 103 Å². The van der Waals surface area contributed by atoms with Gasteiger partial charge in [-0.05, 0) is 37.3 Å². The highest BCUT2D eigenvalue weighted by Crippen LogP contribution is 2.45. The molecule has 2 N–H and O–H groups in total. The van der Waals surface area contributed by atoms with Gasteiger partial charge < -0.3 is 19.3 Å². The summed E-state index contributed by atoms with van der Waals surface area (Å²) >= 11 is 5.25. The van der Waals surface area contributed by atoms with Gasteiger partial charge >= 0.3 is 5.97 Å². The number of methoxy groups -OCH3 is 2. The molecule has 1 aliphatic rings. The molecular weight excluding hydrogens is 408 g/mol. The summed E-state index contributed by atoms with van der Waals surface area (Å²) in [4.78, 5) is 27.9. The predicted octanol–water partition coefficient (Wildman–Crippen LogP) is 3.19. The largest absolute Gasteiger partial charge is 0.494 e. The van der Waals surface area contributed by atoms with Crippen LogP contribution < -0.4 is 15.0 Å². The van der Waals surface area contributed by atoms with Gasteiger partial charge in [0, 0.05) is 5.56 Å². The third-order valence-corrected chi connectivity index (χ3v) is 5.25. The maximum Gasteiger partial charge on any atom is 0.343 e. The van der Waals surface area contributed by atoms with Crippen molar-refractivity contribution < 1.29 is 24.1 Å². The Hall–Kier alpha value is -3.59. The van der Waals surface area contributed by atoms with Crippen molar-refractivity contribution in [2.75, 3.05) is 14.2 Å². The van der Waals surface area contributed by atoms with Gasteiger partial charge in [0.2, 0.25) is 5.88 Å². The number of aromatic nitrogens is 2. The van der Waals surface area contributed by atoms with Crippen molar-refractivity contribution in [2.45, 2.75) is 13.0 Å². The highest BCUT2D eigenvalue weighted by molar-refractivity contribution is 7.71. The first-order valence-corrected chi connectivity index (χ1v) is 9.39. The molecule has 0 spiro atoms. The quantitative estimate of drug-likeness (QED) is 0.488. The lowest BCUT2D eigenvalue weighted by atomic mass is 9.99. The maximum absolute atomic E-state index is 12.7. The van der Waals surface area contributed by atoms with Crippen LogP contribution in [0.25, 0.3) is 5.69 Å². The molecule has 0 unspecified atom stereocenters. The van der Waals surface area contributed by atoms with Gasteiger partial charge in [0.15, 0.2) is 22.4 Å². The fraction of sp³-hybridized carbons (Fsp3) is 0.190. The Morgan fingerprint density at radius 1 is 1.10 bits per heavy atom. The van der Waals surface area contributed by atoms with Crippen LogP contribution in [0, 0.1) is 11.7 Å². The summed E-state index contributed by atoms with van der Waals surface area (Å²) in [7, 11) is 2.85. The molecule has 8 nitrogen and oxygen atoms in total. The van der Waals surface area contributed by atoms with Crippen molar-refractivity contribution >= 4 is 18.2 Å². The molecule has 0 saturated heterocycles. The van der Waals surface area contributed by atoms with Crippen LogP contribution in [0.4, 0.5) is 0 Å². The van der Waals surface area contributed by atoms with Crippen molar-refractivity contribution in [3.8, 4) is 23.1 Å². The van der Waals surface area contributed by atoms with Crippen LogP contribution in [0.15, 0.2) is 41.2 Å². The van der Waals surface area contributed by atoms with Gasteiger partial charge in [-0.3, -0.25) is 14.3 Å². The van der Waals surface area contributed by atoms with Crippen molar-refractivity contribution in [3.05, 3.63) is 73.8 Å². The number of aryl methyl sites for hydroxylation is 1. The molecule has 1 aliphatic heterocycles. The third kappa shape index (κ3) is 2.94. The number of esters is 1. The number of aromatic hydroxyl groups is 1. The summed E-state index contributed by atoms with van der Waals surface area (Å²) in [6.45, 7) is 1.93. The third-order valence-electron chi connectivity index (χ3n) is 4.96. The monoisotopic (exact) mass is 426 g/mol. The Bertz CT molecular complexity index is 1280. The van der Waals surface area contributed by atoms with Gasteiger partial charge in [0.1, 0.15) is 11.1 Å². The minimum absolute atomic E-state index is 0.0157. The Morgan fingerprint density at radius 3 is 2.43 bits per heavy atom. The highest BCUT2D eigenvalue weighted by Gasteiger charge is 2.40. The molecule has 154 valence electrons. The maximum atomic E-state index is 12.7. The molecule has 2 aromatic carbocycles. The zero-order chi connectivity index (χ0) is 21.6. The van der Waals surface area contributed by atoms with Gasteiger partial charge in [-0.2, -0.15) is 0 Å². The summed E-state index contributed by atoms with van der Waals surface area (Å²) in [5, 5.41) is 11.0. The number of ether oxygens (including phenoxy) is 3. The molecule has 1 aromatic heterocycles. The molecule has 9 heteroatoms. The molecule has 0 bridgehead atoms. The number of nitrogens with one attached hydrogen (secondary N) is 1. The second-order valence-electron chi connectivity index (χ2n) is 6.72. The average Bonchev–Trinajstić information content (AvgIpc) is 3.04. The van der Waals surface area contributed by atoms with Gasteiger partial charge in [0.25, 0.3) is 5.56 Å². The number of rotatable bonds is 4. The molecule has 2 heterocycles. The second kappa shape index (κ2) is 7.34. The van der Waals surface area contributed by atoms with Gasteiger partial charge in [0.05, 0.1) is 19.9 Å². The van der Waals surface area contributed by atoms with Crippen molar-refractivity contribution in [1.82, 2.24) is 9.55 Å². The SMILES string of the molecule is COc1ccc2c(c1OC)C(=O)O[C@@H]2c1c(O)n(-c2ccc(C)cc2)c(=S)[nH]c1=O. The highest BCUT2D eigenvalue weighted by atomic mass is 32.1. The first kappa shape index (κ1) is 19.7. The number of fused-ring (bicyclic) bond motifs is 1. The molecule has 0 aliphatic carbocycles. The Morgan fingerprint density at radius 2 is 1.80 bits per heavy atom. The van der Waals surface area contributed by atoms with E-state index in [1.165, 1.54) is 18.8 Å². The second-order valence-corrected chi connectivity index (χ2v) is 7.10. The van der Waals surface area contributed by atoms with Crippen LogP contribution in [-0.4, -0.2) is 34.8 Å². The summed E-state index contributed by atoms with van der Waals surface area (Å²) in [6, 6.07) is 10.4. The standard InChI is InChI=1S/C21H18N2O6S/c1-10-4-6-11(7-5-10)23-19(25)15(18(24)22-21(23)30)16-12-8-9-13(27-2)17(28-3)14(12)20(26)29-16/h4-9,16,25H,1-3H3,(H,22,24,30)/t16-/m0/s1. The summed E-state index contributed by atoms with van der Waals surface area (Å²) in [5.41, 5.74) is 1.31. The molecule has 0 fully saturated rings. The van der Waals surface area contributed by atoms with Gasteiger partial charge in [-0.15, -0.1) is 0 Å². The van der Waals surface area contributed by atoms with Crippen molar-refractivity contribution in [2.24, 2.45) is 0 Å². The van der Waals surface area contributed by atoms with E-state index < -0.39 is 23.5 Å². The van der Waals surface area contributed by atoms with Crippen LogP contribution in [0.3, 0.4) is 0 Å². The molecule has 30 heavy (non-hydrogen) atoms. The van der Waals surface area contributed by atoms with E-state index >= 15 is 0 Å². The first-order valence-electron chi connectivity index (χ1n) is 8.98. The Kier molecular flexibility index (Phi) is 4.83. The van der Waals surface area contributed by atoms with Gasteiger partial charge in [-0.25, -0.2) is 4.79 Å². The molecule has 1 atom stereocenters. The van der Waals surface area contributed by atoms with Crippen molar-refractivity contribution in [3.63, 3.8) is 0 Å². The van der Waals surface area contributed by atoms with E-state index in [0.29, 0.717) is 17.0 Å². The van der Waals surface area contributed by atoms with Gasteiger partial charge in [-0.1, -0.05) is 23.8 Å².